The van der Waals surface area contributed by atoms with E-state index in [0.717, 1.165) is 0 Å². The van der Waals surface area contributed by atoms with Gasteiger partial charge in [0.2, 0.25) is 5.88 Å². The van der Waals surface area contributed by atoms with Crippen LogP contribution < -0.4 is 15.8 Å². The smallest absolute Gasteiger partial charge is 0.242 e. The van der Waals surface area contributed by atoms with Gasteiger partial charge in [0.15, 0.2) is 5.82 Å². The monoisotopic (exact) mass is 250 g/mol. The van der Waals surface area contributed by atoms with Crippen molar-refractivity contribution < 1.29 is 4.74 Å². The number of hydrogen-bond acceptors (Lipinski definition) is 6. The van der Waals surface area contributed by atoms with Crippen molar-refractivity contribution in [3.63, 3.8) is 0 Å². The zero-order valence-corrected chi connectivity index (χ0v) is 10.5. The van der Waals surface area contributed by atoms with Crippen LogP contribution in [0.25, 0.3) is 0 Å². The molecule has 0 aliphatic heterocycles. The van der Waals surface area contributed by atoms with Crippen LogP contribution in [0.1, 0.15) is 18.5 Å². The molecule has 0 saturated heterocycles. The van der Waals surface area contributed by atoms with Crippen molar-refractivity contribution in [2.45, 2.75) is 13.0 Å². The van der Waals surface area contributed by atoms with Gasteiger partial charge in [0, 0.05) is 0 Å². The highest BCUT2D eigenvalue weighted by molar-refractivity contribution is 7.07. The van der Waals surface area contributed by atoms with Crippen molar-refractivity contribution in [1.82, 2.24) is 9.97 Å². The number of anilines is 2. The number of hydrogen-bond donors (Lipinski definition) is 2. The first-order valence-electron chi connectivity index (χ1n) is 5.15. The Morgan fingerprint density at radius 1 is 1.47 bits per heavy atom. The third-order valence-electron chi connectivity index (χ3n) is 2.44. The van der Waals surface area contributed by atoms with Crippen LogP contribution in [0, 0.1) is 0 Å². The second kappa shape index (κ2) is 5.01. The average Bonchev–Trinajstić information content (AvgIpc) is 2.85. The fraction of sp³-hybridized carbons (Fsp3) is 0.273. The van der Waals surface area contributed by atoms with Gasteiger partial charge in [-0.25, -0.2) is 4.98 Å². The maximum absolute atomic E-state index is 5.89. The second-order valence-corrected chi connectivity index (χ2v) is 4.35. The quantitative estimate of drug-likeness (QED) is 0.871. The van der Waals surface area contributed by atoms with E-state index in [9.17, 15) is 0 Å². The normalized spacial score (nSPS) is 12.1. The fourth-order valence-electron chi connectivity index (χ4n) is 1.47. The number of nitrogen functional groups attached to an aromatic ring is 1. The first-order chi connectivity index (χ1) is 8.22. The molecule has 0 aliphatic rings. The highest BCUT2D eigenvalue weighted by Crippen LogP contribution is 2.28. The zero-order chi connectivity index (χ0) is 12.3. The maximum Gasteiger partial charge on any atom is 0.242 e. The summed E-state index contributed by atoms with van der Waals surface area (Å²) in [5, 5.41) is 7.37. The highest BCUT2D eigenvalue weighted by Gasteiger charge is 2.12. The van der Waals surface area contributed by atoms with Crippen molar-refractivity contribution in [2.75, 3.05) is 18.2 Å². The van der Waals surface area contributed by atoms with Gasteiger partial charge in [0.05, 0.1) is 13.2 Å². The summed E-state index contributed by atoms with van der Waals surface area (Å²) in [6.45, 7) is 2.05. The van der Waals surface area contributed by atoms with Crippen LogP contribution in [0.15, 0.2) is 23.2 Å². The van der Waals surface area contributed by atoms with E-state index in [4.69, 9.17) is 10.5 Å². The molecule has 2 aromatic rings. The molecule has 0 bridgehead atoms. The first-order valence-corrected chi connectivity index (χ1v) is 6.09. The Hall–Kier alpha value is -1.82. The molecule has 0 aliphatic carbocycles. The Kier molecular flexibility index (Phi) is 3.43. The summed E-state index contributed by atoms with van der Waals surface area (Å²) < 4.78 is 5.04. The Labute approximate surface area is 104 Å². The van der Waals surface area contributed by atoms with Crippen LogP contribution in [-0.2, 0) is 0 Å². The fourth-order valence-corrected chi connectivity index (χ4v) is 2.22. The summed E-state index contributed by atoms with van der Waals surface area (Å²) in [6.07, 6.45) is 1.43. The molecule has 6 heteroatoms. The number of nitrogens with zero attached hydrogens (tertiary/aromatic N) is 2. The molecule has 90 valence electrons. The van der Waals surface area contributed by atoms with Gasteiger partial charge in [-0.3, -0.25) is 0 Å². The molecule has 1 atom stereocenters. The van der Waals surface area contributed by atoms with E-state index in [1.165, 1.54) is 19.0 Å². The molecule has 0 aromatic carbocycles. The number of thiophene rings is 1. The Balaban J connectivity index is 2.19. The van der Waals surface area contributed by atoms with Crippen molar-refractivity contribution in [2.24, 2.45) is 0 Å². The molecule has 0 amide bonds. The predicted octanol–water partition coefficient (Wildman–Crippen LogP) is 2.30. The molecule has 0 radical (unpaired) electrons. The average molecular weight is 250 g/mol. The topological polar surface area (TPSA) is 73.1 Å². The van der Waals surface area contributed by atoms with Crippen LogP contribution in [0.3, 0.4) is 0 Å². The molecule has 0 fully saturated rings. The lowest BCUT2D eigenvalue weighted by Gasteiger charge is -2.15. The Morgan fingerprint density at radius 3 is 2.94 bits per heavy atom. The molecule has 2 heterocycles. The first kappa shape index (κ1) is 11.7. The third-order valence-corrected chi connectivity index (χ3v) is 3.14. The Bertz CT molecular complexity index is 486. The van der Waals surface area contributed by atoms with Crippen molar-refractivity contribution >= 4 is 22.8 Å². The van der Waals surface area contributed by atoms with Gasteiger partial charge >= 0.3 is 0 Å². The zero-order valence-electron chi connectivity index (χ0n) is 9.68. The van der Waals surface area contributed by atoms with E-state index in [0.29, 0.717) is 17.4 Å². The standard InChI is InChI=1S/C11H14N4OS/c1-7(8-3-4-17-5-8)15-10-9(12)11(16-2)14-6-13-10/h3-7H,12H2,1-2H3,(H,13,14,15). The summed E-state index contributed by atoms with van der Waals surface area (Å²) in [6, 6.07) is 2.21. The molecule has 0 spiro atoms. The van der Waals surface area contributed by atoms with Crippen LogP contribution in [-0.4, -0.2) is 17.1 Å². The van der Waals surface area contributed by atoms with Gasteiger partial charge in [-0.1, -0.05) is 0 Å². The lowest BCUT2D eigenvalue weighted by molar-refractivity contribution is 0.399. The van der Waals surface area contributed by atoms with Crippen molar-refractivity contribution in [3.05, 3.63) is 28.7 Å². The molecule has 17 heavy (non-hydrogen) atoms. The summed E-state index contributed by atoms with van der Waals surface area (Å²) in [7, 11) is 1.53. The molecular weight excluding hydrogens is 236 g/mol. The highest BCUT2D eigenvalue weighted by atomic mass is 32.1. The van der Waals surface area contributed by atoms with Gasteiger partial charge in [-0.05, 0) is 29.3 Å². The van der Waals surface area contributed by atoms with Gasteiger partial charge in [0.1, 0.15) is 12.0 Å². The van der Waals surface area contributed by atoms with Crippen molar-refractivity contribution in [1.29, 1.82) is 0 Å². The van der Waals surface area contributed by atoms with E-state index >= 15 is 0 Å². The summed E-state index contributed by atoms with van der Waals surface area (Å²) in [5.74, 6) is 0.982. The van der Waals surface area contributed by atoms with Crippen LogP contribution in [0.2, 0.25) is 0 Å². The van der Waals surface area contributed by atoms with Crippen LogP contribution >= 0.6 is 11.3 Å². The molecular formula is C11H14N4OS. The lowest BCUT2D eigenvalue weighted by atomic mass is 10.2. The van der Waals surface area contributed by atoms with E-state index in [2.05, 4.69) is 33.7 Å². The van der Waals surface area contributed by atoms with E-state index in [-0.39, 0.29) is 6.04 Å². The summed E-state index contributed by atoms with van der Waals surface area (Å²) >= 11 is 1.66. The number of aromatic nitrogens is 2. The van der Waals surface area contributed by atoms with Crippen LogP contribution in [0.4, 0.5) is 11.5 Å². The molecule has 2 rings (SSSR count). The number of methoxy groups -OCH3 is 1. The van der Waals surface area contributed by atoms with Gasteiger partial charge in [-0.2, -0.15) is 16.3 Å². The largest absolute Gasteiger partial charge is 0.479 e. The minimum absolute atomic E-state index is 0.142. The molecule has 0 saturated carbocycles. The van der Waals surface area contributed by atoms with Crippen molar-refractivity contribution in [3.8, 4) is 5.88 Å². The van der Waals surface area contributed by atoms with Gasteiger partial charge < -0.3 is 15.8 Å². The van der Waals surface area contributed by atoms with E-state index in [1.807, 2.05) is 5.38 Å². The minimum Gasteiger partial charge on any atom is -0.479 e. The maximum atomic E-state index is 5.89. The van der Waals surface area contributed by atoms with Gasteiger partial charge in [0.25, 0.3) is 0 Å². The number of nitrogens with one attached hydrogen (secondary N) is 1. The summed E-state index contributed by atoms with van der Waals surface area (Å²) in [4.78, 5) is 8.04. The van der Waals surface area contributed by atoms with E-state index in [1.54, 1.807) is 11.3 Å². The minimum atomic E-state index is 0.142. The summed E-state index contributed by atoms with van der Waals surface area (Å²) in [5.41, 5.74) is 7.51. The third kappa shape index (κ3) is 2.47. The molecule has 5 nitrogen and oxygen atoms in total. The Morgan fingerprint density at radius 2 is 2.29 bits per heavy atom. The second-order valence-electron chi connectivity index (χ2n) is 3.57. The van der Waals surface area contributed by atoms with Crippen LogP contribution in [0.5, 0.6) is 5.88 Å². The molecule has 3 N–H and O–H groups in total. The number of rotatable bonds is 4. The molecule has 2 aromatic heterocycles. The van der Waals surface area contributed by atoms with Gasteiger partial charge in [-0.15, -0.1) is 0 Å². The molecule has 1 unspecified atom stereocenters. The SMILES string of the molecule is COc1ncnc(NC(C)c2ccsc2)c1N. The number of nitrogens with two attached hydrogens (primary N) is 1. The lowest BCUT2D eigenvalue weighted by Crippen LogP contribution is -2.10. The number of ether oxygens (including phenoxy) is 1. The van der Waals surface area contributed by atoms with E-state index < -0.39 is 0 Å². The predicted molar refractivity (Wildman–Crippen MR) is 69.4 cm³/mol.